The molecular weight excluding hydrogens is 290 g/mol. The summed E-state index contributed by atoms with van der Waals surface area (Å²) in [6, 6.07) is 13.2. The van der Waals surface area contributed by atoms with Crippen LogP contribution in [0.15, 0.2) is 42.5 Å². The molecule has 0 aliphatic heterocycles. The predicted octanol–water partition coefficient (Wildman–Crippen LogP) is 3.63. The monoisotopic (exact) mass is 309 g/mol. The van der Waals surface area contributed by atoms with Crippen molar-refractivity contribution in [1.29, 1.82) is 0 Å². The first-order valence-electron chi connectivity index (χ1n) is 7.75. The van der Waals surface area contributed by atoms with Gasteiger partial charge in [-0.05, 0) is 55.5 Å². The highest BCUT2D eigenvalue weighted by molar-refractivity contribution is 5.96. The van der Waals surface area contributed by atoms with Crippen molar-refractivity contribution < 1.29 is 14.7 Å². The molecule has 0 saturated heterocycles. The fourth-order valence-corrected chi connectivity index (χ4v) is 2.52. The lowest BCUT2D eigenvalue weighted by Gasteiger charge is -2.10. The van der Waals surface area contributed by atoms with E-state index < -0.39 is 5.97 Å². The van der Waals surface area contributed by atoms with E-state index in [1.54, 1.807) is 6.07 Å². The van der Waals surface area contributed by atoms with Crippen LogP contribution < -0.4 is 5.32 Å². The summed E-state index contributed by atoms with van der Waals surface area (Å²) >= 11 is 0. The van der Waals surface area contributed by atoms with Crippen molar-refractivity contribution in [1.82, 2.24) is 0 Å². The standard InChI is InChI=1S/C19H19NO3/c1-12-2-4-13(5-3-12)8-14-9-16(19(22)23)11-17(10-14)20-18(21)15-6-7-15/h2-5,9-11,15H,6-8H2,1H3,(H,20,21)(H,22,23). The molecule has 0 radical (unpaired) electrons. The fourth-order valence-electron chi connectivity index (χ4n) is 2.52. The zero-order valence-corrected chi connectivity index (χ0v) is 13.0. The number of benzene rings is 2. The van der Waals surface area contributed by atoms with E-state index in [2.05, 4.69) is 5.32 Å². The molecule has 0 bridgehead atoms. The third-order valence-electron chi connectivity index (χ3n) is 3.98. The Labute approximate surface area is 135 Å². The van der Waals surface area contributed by atoms with Gasteiger partial charge < -0.3 is 10.4 Å². The van der Waals surface area contributed by atoms with Crippen LogP contribution in [0, 0.1) is 12.8 Å². The van der Waals surface area contributed by atoms with E-state index in [0.717, 1.165) is 24.0 Å². The van der Waals surface area contributed by atoms with Crippen LogP contribution >= 0.6 is 0 Å². The van der Waals surface area contributed by atoms with Crippen molar-refractivity contribution in [3.05, 3.63) is 64.7 Å². The highest BCUT2D eigenvalue weighted by Gasteiger charge is 2.29. The molecule has 118 valence electrons. The first-order chi connectivity index (χ1) is 11.0. The molecule has 0 atom stereocenters. The van der Waals surface area contributed by atoms with Gasteiger partial charge >= 0.3 is 5.97 Å². The van der Waals surface area contributed by atoms with Crippen molar-refractivity contribution >= 4 is 17.6 Å². The first-order valence-corrected chi connectivity index (χ1v) is 7.75. The van der Waals surface area contributed by atoms with Crippen LogP contribution in [0.2, 0.25) is 0 Å². The molecule has 2 N–H and O–H groups in total. The molecule has 3 rings (SSSR count). The van der Waals surface area contributed by atoms with Crippen molar-refractivity contribution in [2.24, 2.45) is 5.92 Å². The molecule has 1 amide bonds. The Morgan fingerprint density at radius 3 is 2.39 bits per heavy atom. The molecule has 1 aliphatic rings. The Bertz CT molecular complexity index is 746. The first kappa shape index (κ1) is 15.3. The molecule has 2 aromatic rings. The third-order valence-corrected chi connectivity index (χ3v) is 3.98. The minimum atomic E-state index is -0.988. The van der Waals surface area contributed by atoms with Crippen LogP contribution in [-0.4, -0.2) is 17.0 Å². The maximum Gasteiger partial charge on any atom is 0.335 e. The summed E-state index contributed by atoms with van der Waals surface area (Å²) < 4.78 is 0. The second-order valence-electron chi connectivity index (χ2n) is 6.15. The van der Waals surface area contributed by atoms with Crippen molar-refractivity contribution in [3.63, 3.8) is 0 Å². The minimum absolute atomic E-state index is 0.0196. The number of rotatable bonds is 5. The Morgan fingerprint density at radius 1 is 1.09 bits per heavy atom. The van der Waals surface area contributed by atoms with Gasteiger partial charge in [0.15, 0.2) is 0 Å². The molecule has 2 aromatic carbocycles. The number of carboxylic acid groups (broad SMARTS) is 1. The second-order valence-corrected chi connectivity index (χ2v) is 6.15. The number of aromatic carboxylic acids is 1. The number of hydrogen-bond acceptors (Lipinski definition) is 2. The van der Waals surface area contributed by atoms with Gasteiger partial charge in [-0.15, -0.1) is 0 Å². The number of carbonyl (C=O) groups excluding carboxylic acids is 1. The molecule has 0 aromatic heterocycles. The van der Waals surface area contributed by atoms with Crippen molar-refractivity contribution in [3.8, 4) is 0 Å². The molecule has 0 heterocycles. The Hall–Kier alpha value is -2.62. The maximum atomic E-state index is 11.9. The van der Waals surface area contributed by atoms with Gasteiger partial charge in [-0.25, -0.2) is 4.79 Å². The zero-order valence-electron chi connectivity index (χ0n) is 13.0. The van der Waals surface area contributed by atoms with Gasteiger partial charge in [0.1, 0.15) is 0 Å². The number of anilines is 1. The van der Waals surface area contributed by atoms with Crippen LogP contribution in [-0.2, 0) is 11.2 Å². The summed E-state index contributed by atoms with van der Waals surface area (Å²) in [6.07, 6.45) is 2.47. The average Bonchev–Trinajstić information content (AvgIpc) is 3.34. The van der Waals surface area contributed by atoms with Crippen LogP contribution in [0.4, 0.5) is 5.69 Å². The van der Waals surface area contributed by atoms with E-state index in [0.29, 0.717) is 12.1 Å². The zero-order chi connectivity index (χ0) is 16.4. The fraction of sp³-hybridized carbons (Fsp3) is 0.263. The Balaban J connectivity index is 1.85. The average molecular weight is 309 g/mol. The number of carbonyl (C=O) groups is 2. The highest BCUT2D eigenvalue weighted by atomic mass is 16.4. The summed E-state index contributed by atoms with van der Waals surface area (Å²) in [5, 5.41) is 12.1. The van der Waals surface area contributed by atoms with Crippen molar-refractivity contribution in [2.75, 3.05) is 5.32 Å². The summed E-state index contributed by atoms with van der Waals surface area (Å²) in [5.41, 5.74) is 3.92. The largest absolute Gasteiger partial charge is 0.478 e. The van der Waals surface area contributed by atoms with E-state index in [1.165, 1.54) is 11.6 Å². The lowest BCUT2D eigenvalue weighted by atomic mass is 10.0. The summed E-state index contributed by atoms with van der Waals surface area (Å²) in [6.45, 7) is 2.03. The highest BCUT2D eigenvalue weighted by Crippen LogP contribution is 2.30. The van der Waals surface area contributed by atoms with E-state index in [1.807, 2.05) is 37.3 Å². The molecule has 0 spiro atoms. The van der Waals surface area contributed by atoms with E-state index in [4.69, 9.17) is 0 Å². The topological polar surface area (TPSA) is 66.4 Å². The van der Waals surface area contributed by atoms with E-state index in [9.17, 15) is 14.7 Å². The quantitative estimate of drug-likeness (QED) is 0.886. The number of carboxylic acids is 1. The molecular formula is C19H19NO3. The van der Waals surface area contributed by atoms with Crippen LogP contribution in [0.1, 0.15) is 39.9 Å². The number of hydrogen-bond donors (Lipinski definition) is 2. The molecule has 23 heavy (non-hydrogen) atoms. The minimum Gasteiger partial charge on any atom is -0.478 e. The summed E-state index contributed by atoms with van der Waals surface area (Å²) in [4.78, 5) is 23.2. The lowest BCUT2D eigenvalue weighted by molar-refractivity contribution is -0.117. The Kier molecular flexibility index (Phi) is 4.15. The van der Waals surface area contributed by atoms with Gasteiger partial charge in [0.2, 0.25) is 5.91 Å². The third kappa shape index (κ3) is 3.97. The summed E-state index contributed by atoms with van der Waals surface area (Å²) in [5.74, 6) is -0.921. The predicted molar refractivity (Wildman–Crippen MR) is 88.7 cm³/mol. The molecule has 1 fully saturated rings. The lowest BCUT2D eigenvalue weighted by Crippen LogP contribution is -2.14. The van der Waals surface area contributed by atoms with Crippen molar-refractivity contribution in [2.45, 2.75) is 26.2 Å². The smallest absolute Gasteiger partial charge is 0.335 e. The van der Waals surface area contributed by atoms with E-state index in [-0.39, 0.29) is 17.4 Å². The van der Waals surface area contributed by atoms with Crippen LogP contribution in [0.5, 0.6) is 0 Å². The van der Waals surface area contributed by atoms with Crippen LogP contribution in [0.25, 0.3) is 0 Å². The molecule has 1 aliphatic carbocycles. The molecule has 4 heteroatoms. The SMILES string of the molecule is Cc1ccc(Cc2cc(NC(=O)C3CC3)cc(C(=O)O)c2)cc1. The van der Waals surface area contributed by atoms with Gasteiger partial charge in [-0.3, -0.25) is 4.79 Å². The number of aryl methyl sites for hydroxylation is 1. The van der Waals surface area contributed by atoms with E-state index >= 15 is 0 Å². The number of amides is 1. The molecule has 1 saturated carbocycles. The van der Waals surface area contributed by atoms with Gasteiger partial charge in [0.05, 0.1) is 5.56 Å². The van der Waals surface area contributed by atoms with Crippen LogP contribution in [0.3, 0.4) is 0 Å². The Morgan fingerprint density at radius 2 is 1.78 bits per heavy atom. The van der Waals surface area contributed by atoms with Gasteiger partial charge in [-0.2, -0.15) is 0 Å². The van der Waals surface area contributed by atoms with Gasteiger partial charge in [-0.1, -0.05) is 29.8 Å². The molecule has 4 nitrogen and oxygen atoms in total. The normalized spacial score (nSPS) is 13.6. The molecule has 0 unspecified atom stereocenters. The van der Waals surface area contributed by atoms with Gasteiger partial charge in [0.25, 0.3) is 0 Å². The maximum absolute atomic E-state index is 11.9. The number of nitrogens with one attached hydrogen (secondary N) is 1. The second kappa shape index (κ2) is 6.24. The van der Waals surface area contributed by atoms with Gasteiger partial charge in [0, 0.05) is 11.6 Å². The summed E-state index contributed by atoms with van der Waals surface area (Å²) in [7, 11) is 0.